The molecule has 110 valence electrons. The second kappa shape index (κ2) is 6.78. The van der Waals surface area contributed by atoms with Gasteiger partial charge in [0.15, 0.2) is 0 Å². The molecule has 0 bridgehead atoms. The van der Waals surface area contributed by atoms with Crippen molar-refractivity contribution in [3.8, 4) is 0 Å². The average Bonchev–Trinajstić information content (AvgIpc) is 2.37. The highest BCUT2D eigenvalue weighted by atomic mass is 35.5. The van der Waals surface area contributed by atoms with E-state index in [4.69, 9.17) is 23.2 Å². The molecule has 0 unspecified atom stereocenters. The summed E-state index contributed by atoms with van der Waals surface area (Å²) in [5, 5.41) is 6.60. The molecular weight excluding hydrogens is 314 g/mol. The van der Waals surface area contributed by atoms with Gasteiger partial charge in [0.05, 0.1) is 5.69 Å². The Morgan fingerprint density at radius 3 is 2.43 bits per heavy atom. The van der Waals surface area contributed by atoms with Gasteiger partial charge in [-0.05, 0) is 42.0 Å². The van der Waals surface area contributed by atoms with Crippen LogP contribution in [0.2, 0.25) is 10.0 Å². The van der Waals surface area contributed by atoms with Crippen LogP contribution < -0.4 is 10.6 Å². The van der Waals surface area contributed by atoms with Gasteiger partial charge in [0, 0.05) is 29.2 Å². The first-order valence-electron chi connectivity index (χ1n) is 6.20. The first-order chi connectivity index (χ1) is 9.94. The fraction of sp³-hybridized carbons (Fsp3) is 0.133. The van der Waals surface area contributed by atoms with E-state index >= 15 is 0 Å². The van der Waals surface area contributed by atoms with Crippen LogP contribution in [0.25, 0.3) is 0 Å². The van der Waals surface area contributed by atoms with Crippen molar-refractivity contribution < 1.29 is 9.18 Å². The maximum Gasteiger partial charge on any atom is 0.221 e. The summed E-state index contributed by atoms with van der Waals surface area (Å²) in [6.07, 6.45) is 0. The molecule has 0 fully saturated rings. The zero-order valence-corrected chi connectivity index (χ0v) is 12.7. The van der Waals surface area contributed by atoms with Gasteiger partial charge in [0.25, 0.3) is 0 Å². The van der Waals surface area contributed by atoms with Crippen molar-refractivity contribution in [2.24, 2.45) is 0 Å². The number of carbonyl (C=O) groups is 1. The average molecular weight is 327 g/mol. The van der Waals surface area contributed by atoms with Gasteiger partial charge in [-0.1, -0.05) is 23.2 Å². The minimum Gasteiger partial charge on any atom is -0.379 e. The van der Waals surface area contributed by atoms with Crippen molar-refractivity contribution in [1.29, 1.82) is 0 Å². The zero-order chi connectivity index (χ0) is 15.4. The SMILES string of the molecule is CC(=O)Nc1ccc(F)c(NCc2cc(Cl)cc(Cl)c2)c1. The van der Waals surface area contributed by atoms with Crippen LogP contribution in [-0.4, -0.2) is 5.91 Å². The number of carbonyl (C=O) groups excluding carboxylic acids is 1. The Kier molecular flexibility index (Phi) is 5.04. The van der Waals surface area contributed by atoms with Crippen molar-refractivity contribution in [1.82, 2.24) is 0 Å². The number of hydrogen-bond donors (Lipinski definition) is 2. The highest BCUT2D eigenvalue weighted by Gasteiger charge is 2.05. The Bertz CT molecular complexity index is 656. The Morgan fingerprint density at radius 1 is 1.14 bits per heavy atom. The first-order valence-corrected chi connectivity index (χ1v) is 6.95. The predicted molar refractivity (Wildman–Crippen MR) is 84.5 cm³/mol. The van der Waals surface area contributed by atoms with Crippen molar-refractivity contribution >= 4 is 40.5 Å². The van der Waals surface area contributed by atoms with E-state index in [1.807, 2.05) is 0 Å². The molecule has 21 heavy (non-hydrogen) atoms. The third-order valence-electron chi connectivity index (χ3n) is 2.69. The maximum absolute atomic E-state index is 13.7. The molecule has 0 aliphatic rings. The Hall–Kier alpha value is -1.78. The highest BCUT2D eigenvalue weighted by Crippen LogP contribution is 2.23. The fourth-order valence-electron chi connectivity index (χ4n) is 1.85. The van der Waals surface area contributed by atoms with Gasteiger partial charge in [0.2, 0.25) is 5.91 Å². The van der Waals surface area contributed by atoms with E-state index in [9.17, 15) is 9.18 Å². The largest absolute Gasteiger partial charge is 0.379 e. The van der Waals surface area contributed by atoms with Crippen LogP contribution in [0.4, 0.5) is 15.8 Å². The van der Waals surface area contributed by atoms with Gasteiger partial charge in [-0.25, -0.2) is 4.39 Å². The van der Waals surface area contributed by atoms with Gasteiger partial charge in [0.1, 0.15) is 5.82 Å². The standard InChI is InChI=1S/C15H13Cl2FN2O/c1-9(21)20-13-2-3-14(18)15(7-13)19-8-10-4-11(16)6-12(17)5-10/h2-7,19H,8H2,1H3,(H,20,21). The van der Waals surface area contributed by atoms with E-state index in [1.165, 1.54) is 25.1 Å². The lowest BCUT2D eigenvalue weighted by Crippen LogP contribution is -2.07. The van der Waals surface area contributed by atoms with Crippen LogP contribution >= 0.6 is 23.2 Å². The Labute approximate surface area is 132 Å². The number of halogens is 3. The van der Waals surface area contributed by atoms with E-state index in [0.29, 0.717) is 22.3 Å². The monoisotopic (exact) mass is 326 g/mol. The Morgan fingerprint density at radius 2 is 1.81 bits per heavy atom. The van der Waals surface area contributed by atoms with Gasteiger partial charge in [-0.3, -0.25) is 4.79 Å². The fourth-order valence-corrected chi connectivity index (χ4v) is 2.42. The van der Waals surface area contributed by atoms with Gasteiger partial charge in [-0.2, -0.15) is 0 Å². The molecule has 0 aliphatic carbocycles. The Balaban J connectivity index is 2.13. The van der Waals surface area contributed by atoms with E-state index in [2.05, 4.69) is 10.6 Å². The molecule has 0 saturated carbocycles. The number of benzene rings is 2. The minimum atomic E-state index is -0.405. The highest BCUT2D eigenvalue weighted by molar-refractivity contribution is 6.34. The molecule has 2 N–H and O–H groups in total. The molecule has 0 atom stereocenters. The third kappa shape index (κ3) is 4.62. The van der Waals surface area contributed by atoms with Crippen molar-refractivity contribution in [2.75, 3.05) is 10.6 Å². The maximum atomic E-state index is 13.7. The summed E-state index contributed by atoms with van der Waals surface area (Å²) >= 11 is 11.8. The van der Waals surface area contributed by atoms with Crippen LogP contribution in [0.1, 0.15) is 12.5 Å². The lowest BCUT2D eigenvalue weighted by atomic mass is 10.2. The van der Waals surface area contributed by atoms with E-state index in [1.54, 1.807) is 18.2 Å². The summed E-state index contributed by atoms with van der Waals surface area (Å²) < 4.78 is 13.7. The summed E-state index contributed by atoms with van der Waals surface area (Å²) in [5.41, 5.74) is 1.64. The molecule has 2 aromatic rings. The second-order valence-corrected chi connectivity index (χ2v) is 5.38. The van der Waals surface area contributed by atoms with Gasteiger partial charge >= 0.3 is 0 Å². The zero-order valence-electron chi connectivity index (χ0n) is 11.2. The summed E-state index contributed by atoms with van der Waals surface area (Å²) in [6, 6.07) is 9.44. The van der Waals surface area contributed by atoms with Crippen LogP contribution in [0, 0.1) is 5.82 Å². The van der Waals surface area contributed by atoms with Gasteiger partial charge in [-0.15, -0.1) is 0 Å². The van der Waals surface area contributed by atoms with Crippen LogP contribution in [0.5, 0.6) is 0 Å². The van der Waals surface area contributed by atoms with E-state index in [0.717, 1.165) is 5.56 Å². The van der Waals surface area contributed by atoms with Crippen molar-refractivity contribution in [2.45, 2.75) is 13.5 Å². The third-order valence-corrected chi connectivity index (χ3v) is 3.13. The molecule has 0 saturated heterocycles. The molecule has 6 heteroatoms. The van der Waals surface area contributed by atoms with Crippen LogP contribution in [0.15, 0.2) is 36.4 Å². The first kappa shape index (κ1) is 15.6. The van der Waals surface area contributed by atoms with Crippen molar-refractivity contribution in [3.05, 3.63) is 57.8 Å². The molecule has 0 spiro atoms. The molecule has 0 radical (unpaired) electrons. The lowest BCUT2D eigenvalue weighted by molar-refractivity contribution is -0.114. The molecule has 0 aromatic heterocycles. The summed E-state index contributed by atoms with van der Waals surface area (Å²) in [6.45, 7) is 1.76. The minimum absolute atomic E-state index is 0.214. The smallest absolute Gasteiger partial charge is 0.221 e. The predicted octanol–water partition coefficient (Wildman–Crippen LogP) is 4.70. The normalized spacial score (nSPS) is 10.3. The topological polar surface area (TPSA) is 41.1 Å². The number of rotatable bonds is 4. The van der Waals surface area contributed by atoms with E-state index < -0.39 is 5.82 Å². The van der Waals surface area contributed by atoms with E-state index in [-0.39, 0.29) is 11.6 Å². The second-order valence-electron chi connectivity index (χ2n) is 4.51. The molecule has 2 rings (SSSR count). The quantitative estimate of drug-likeness (QED) is 0.854. The molecular formula is C15H13Cl2FN2O. The number of anilines is 2. The number of amides is 1. The molecule has 3 nitrogen and oxygen atoms in total. The summed E-state index contributed by atoms with van der Waals surface area (Å²) in [7, 11) is 0. The number of nitrogens with one attached hydrogen (secondary N) is 2. The van der Waals surface area contributed by atoms with Crippen LogP contribution in [-0.2, 0) is 11.3 Å². The molecule has 1 amide bonds. The summed E-state index contributed by atoms with van der Waals surface area (Å²) in [5.74, 6) is -0.619. The molecule has 0 aliphatic heterocycles. The van der Waals surface area contributed by atoms with Gasteiger partial charge < -0.3 is 10.6 Å². The van der Waals surface area contributed by atoms with Crippen LogP contribution in [0.3, 0.4) is 0 Å². The number of hydrogen-bond acceptors (Lipinski definition) is 2. The summed E-state index contributed by atoms with van der Waals surface area (Å²) in [4.78, 5) is 11.0. The lowest BCUT2D eigenvalue weighted by Gasteiger charge is -2.10. The molecule has 2 aromatic carbocycles. The van der Waals surface area contributed by atoms with Crippen molar-refractivity contribution in [3.63, 3.8) is 0 Å². The molecule has 0 heterocycles.